The second-order valence-electron chi connectivity index (χ2n) is 4.45. The SMILES string of the molecule is CC(=O)Oc1cccc(C(=O)N2CCC(=O)CC2)c1. The summed E-state index contributed by atoms with van der Waals surface area (Å²) in [6, 6.07) is 6.50. The van der Waals surface area contributed by atoms with Gasteiger partial charge in [-0.2, -0.15) is 0 Å². The number of ether oxygens (including phenoxy) is 1. The Labute approximate surface area is 111 Å². The molecule has 2 rings (SSSR count). The lowest BCUT2D eigenvalue weighted by atomic mass is 10.1. The number of hydrogen-bond donors (Lipinski definition) is 0. The minimum atomic E-state index is -0.423. The number of likely N-dealkylation sites (tertiary alicyclic amines) is 1. The minimum Gasteiger partial charge on any atom is -0.427 e. The van der Waals surface area contributed by atoms with Crippen molar-refractivity contribution < 1.29 is 19.1 Å². The smallest absolute Gasteiger partial charge is 0.308 e. The molecule has 0 saturated carbocycles. The summed E-state index contributed by atoms with van der Waals surface area (Å²) in [5.74, 6) is -0.0150. The minimum absolute atomic E-state index is 0.137. The number of carbonyl (C=O) groups excluding carboxylic acids is 3. The highest BCUT2D eigenvalue weighted by atomic mass is 16.5. The van der Waals surface area contributed by atoms with Gasteiger partial charge in [0.1, 0.15) is 11.5 Å². The molecule has 0 spiro atoms. The first-order valence-electron chi connectivity index (χ1n) is 6.16. The third-order valence-corrected chi connectivity index (χ3v) is 2.95. The number of Topliss-reactive ketones (excluding diaryl/α,β-unsaturated/α-hetero) is 1. The van der Waals surface area contributed by atoms with Crippen LogP contribution in [0.15, 0.2) is 24.3 Å². The van der Waals surface area contributed by atoms with Gasteiger partial charge >= 0.3 is 5.97 Å². The molecule has 1 aliphatic heterocycles. The van der Waals surface area contributed by atoms with Gasteiger partial charge in [-0.05, 0) is 18.2 Å². The van der Waals surface area contributed by atoms with Crippen LogP contribution in [0.1, 0.15) is 30.1 Å². The van der Waals surface area contributed by atoms with Crippen LogP contribution in [0.2, 0.25) is 0 Å². The fraction of sp³-hybridized carbons (Fsp3) is 0.357. The zero-order valence-electron chi connectivity index (χ0n) is 10.7. The molecule has 0 aliphatic carbocycles. The van der Waals surface area contributed by atoms with E-state index in [9.17, 15) is 14.4 Å². The summed E-state index contributed by atoms with van der Waals surface area (Å²) in [5.41, 5.74) is 0.466. The first-order valence-corrected chi connectivity index (χ1v) is 6.16. The maximum Gasteiger partial charge on any atom is 0.308 e. The number of benzene rings is 1. The highest BCUT2D eigenvalue weighted by Crippen LogP contribution is 2.17. The molecule has 0 N–H and O–H groups in total. The molecule has 1 fully saturated rings. The van der Waals surface area contributed by atoms with Crippen molar-refractivity contribution in [3.05, 3.63) is 29.8 Å². The van der Waals surface area contributed by atoms with Crippen LogP contribution in [0.5, 0.6) is 5.75 Å². The third-order valence-electron chi connectivity index (χ3n) is 2.95. The maximum absolute atomic E-state index is 12.2. The standard InChI is InChI=1S/C14H15NO4/c1-10(16)19-13-4-2-3-11(9-13)14(18)15-7-5-12(17)6-8-15/h2-4,9H,5-8H2,1H3. The van der Waals surface area contributed by atoms with Crippen LogP contribution in [0.3, 0.4) is 0 Å². The molecule has 0 atom stereocenters. The summed E-state index contributed by atoms with van der Waals surface area (Å²) in [5, 5.41) is 0. The molecule has 1 aromatic rings. The zero-order chi connectivity index (χ0) is 13.8. The molecule has 5 heteroatoms. The fourth-order valence-electron chi connectivity index (χ4n) is 2.00. The lowest BCUT2D eigenvalue weighted by Crippen LogP contribution is -2.38. The van der Waals surface area contributed by atoms with Crippen LogP contribution in [0, 0.1) is 0 Å². The van der Waals surface area contributed by atoms with E-state index in [-0.39, 0.29) is 11.7 Å². The molecule has 1 amide bonds. The van der Waals surface area contributed by atoms with E-state index in [1.165, 1.54) is 6.92 Å². The van der Waals surface area contributed by atoms with Crippen molar-refractivity contribution in [2.24, 2.45) is 0 Å². The molecule has 5 nitrogen and oxygen atoms in total. The van der Waals surface area contributed by atoms with Gasteiger partial charge in [0.05, 0.1) is 0 Å². The van der Waals surface area contributed by atoms with E-state index in [0.29, 0.717) is 37.2 Å². The zero-order valence-corrected chi connectivity index (χ0v) is 10.7. The molecule has 1 aliphatic rings. The van der Waals surface area contributed by atoms with Crippen LogP contribution in [0.4, 0.5) is 0 Å². The van der Waals surface area contributed by atoms with Crippen molar-refractivity contribution in [3.63, 3.8) is 0 Å². The Morgan fingerprint density at radius 1 is 1.21 bits per heavy atom. The van der Waals surface area contributed by atoms with Crippen LogP contribution >= 0.6 is 0 Å². The van der Waals surface area contributed by atoms with Gasteiger partial charge in [0.15, 0.2) is 0 Å². The molecule has 1 saturated heterocycles. The molecule has 1 heterocycles. The van der Waals surface area contributed by atoms with E-state index in [1.807, 2.05) is 0 Å². The van der Waals surface area contributed by atoms with Crippen molar-refractivity contribution in [1.29, 1.82) is 0 Å². The van der Waals surface area contributed by atoms with E-state index in [1.54, 1.807) is 29.2 Å². The number of amides is 1. The number of hydrogen-bond acceptors (Lipinski definition) is 4. The lowest BCUT2D eigenvalue weighted by Gasteiger charge is -2.26. The second-order valence-corrected chi connectivity index (χ2v) is 4.45. The second kappa shape index (κ2) is 5.65. The Morgan fingerprint density at radius 3 is 2.53 bits per heavy atom. The van der Waals surface area contributed by atoms with E-state index in [4.69, 9.17) is 4.74 Å². The van der Waals surface area contributed by atoms with Gasteiger partial charge in [-0.15, -0.1) is 0 Å². The van der Waals surface area contributed by atoms with E-state index in [2.05, 4.69) is 0 Å². The van der Waals surface area contributed by atoms with Gasteiger partial charge in [-0.1, -0.05) is 6.07 Å². The van der Waals surface area contributed by atoms with Crippen LogP contribution in [0.25, 0.3) is 0 Å². The van der Waals surface area contributed by atoms with Crippen LogP contribution in [-0.2, 0) is 9.59 Å². The van der Waals surface area contributed by atoms with Gasteiger partial charge < -0.3 is 9.64 Å². The fourth-order valence-corrected chi connectivity index (χ4v) is 2.00. The molecule has 0 radical (unpaired) electrons. The van der Waals surface area contributed by atoms with Crippen molar-refractivity contribution in [1.82, 2.24) is 4.90 Å². The van der Waals surface area contributed by atoms with Crippen LogP contribution in [-0.4, -0.2) is 35.6 Å². The summed E-state index contributed by atoms with van der Waals surface area (Å²) in [7, 11) is 0. The summed E-state index contributed by atoms with van der Waals surface area (Å²) in [4.78, 5) is 35.9. The van der Waals surface area contributed by atoms with Crippen molar-refractivity contribution in [2.75, 3.05) is 13.1 Å². The first-order chi connectivity index (χ1) is 9.06. The summed E-state index contributed by atoms with van der Waals surface area (Å²) >= 11 is 0. The van der Waals surface area contributed by atoms with Gasteiger partial charge in [-0.3, -0.25) is 14.4 Å². The Balaban J connectivity index is 2.10. The van der Waals surface area contributed by atoms with Crippen molar-refractivity contribution in [3.8, 4) is 5.75 Å². The molecular weight excluding hydrogens is 246 g/mol. The Kier molecular flexibility index (Phi) is 3.94. The van der Waals surface area contributed by atoms with Crippen molar-refractivity contribution in [2.45, 2.75) is 19.8 Å². The van der Waals surface area contributed by atoms with Crippen LogP contribution < -0.4 is 4.74 Å². The number of esters is 1. The summed E-state index contributed by atoms with van der Waals surface area (Å²) in [6.07, 6.45) is 0.824. The van der Waals surface area contributed by atoms with E-state index < -0.39 is 5.97 Å². The Morgan fingerprint density at radius 2 is 1.89 bits per heavy atom. The highest BCUT2D eigenvalue weighted by Gasteiger charge is 2.22. The summed E-state index contributed by atoms with van der Waals surface area (Å²) < 4.78 is 4.95. The Bertz CT molecular complexity index is 514. The predicted molar refractivity (Wildman–Crippen MR) is 67.9 cm³/mol. The molecular formula is C14H15NO4. The molecule has 0 aromatic heterocycles. The van der Waals surface area contributed by atoms with Gasteiger partial charge in [0, 0.05) is 38.4 Å². The number of piperidine rings is 1. The molecule has 0 unspecified atom stereocenters. The third kappa shape index (κ3) is 3.40. The molecule has 100 valence electrons. The number of nitrogens with zero attached hydrogens (tertiary/aromatic N) is 1. The first kappa shape index (κ1) is 13.3. The predicted octanol–water partition coefficient (Wildman–Crippen LogP) is 1.42. The quantitative estimate of drug-likeness (QED) is 0.596. The van der Waals surface area contributed by atoms with Crippen molar-refractivity contribution >= 4 is 17.7 Å². The van der Waals surface area contributed by atoms with Gasteiger partial charge in [0.25, 0.3) is 5.91 Å². The lowest BCUT2D eigenvalue weighted by molar-refractivity contribution is -0.131. The highest BCUT2D eigenvalue weighted by molar-refractivity contribution is 5.96. The number of carbonyl (C=O) groups is 3. The topological polar surface area (TPSA) is 63.7 Å². The largest absolute Gasteiger partial charge is 0.427 e. The van der Waals surface area contributed by atoms with E-state index in [0.717, 1.165) is 0 Å². The van der Waals surface area contributed by atoms with E-state index >= 15 is 0 Å². The molecule has 1 aromatic carbocycles. The summed E-state index contributed by atoms with van der Waals surface area (Å²) in [6.45, 7) is 2.22. The average Bonchev–Trinajstić information content (AvgIpc) is 2.38. The van der Waals surface area contributed by atoms with Gasteiger partial charge in [-0.25, -0.2) is 0 Å². The monoisotopic (exact) mass is 261 g/mol. The number of ketones is 1. The average molecular weight is 261 g/mol. The molecule has 0 bridgehead atoms. The normalized spacial score (nSPS) is 15.2. The number of rotatable bonds is 2. The maximum atomic E-state index is 12.2. The molecule has 19 heavy (non-hydrogen) atoms. The van der Waals surface area contributed by atoms with Gasteiger partial charge in [0.2, 0.25) is 0 Å². The Hall–Kier alpha value is -2.17.